The van der Waals surface area contributed by atoms with Crippen molar-refractivity contribution in [2.45, 2.75) is 6.42 Å². The van der Waals surface area contributed by atoms with Crippen LogP contribution in [0.1, 0.15) is 11.1 Å². The molecule has 0 amide bonds. The van der Waals surface area contributed by atoms with Crippen LogP contribution in [0.25, 0.3) is 6.08 Å². The maximum atomic E-state index is 13.1. The van der Waals surface area contributed by atoms with E-state index in [9.17, 15) is 4.39 Å². The van der Waals surface area contributed by atoms with Crippen LogP contribution < -0.4 is 0 Å². The van der Waals surface area contributed by atoms with Gasteiger partial charge in [0.2, 0.25) is 0 Å². The first-order valence-electron chi connectivity index (χ1n) is 4.16. The zero-order valence-corrected chi connectivity index (χ0v) is 9.09. The Kier molecular flexibility index (Phi) is 4.34. The minimum Gasteiger partial charge on any atom is -0.207 e. The van der Waals surface area contributed by atoms with E-state index in [1.165, 1.54) is 6.07 Å². The summed E-state index contributed by atoms with van der Waals surface area (Å²) in [4.78, 5) is 0. The quantitative estimate of drug-likeness (QED) is 0.759. The fraction of sp³-hybridized carbons (Fsp3) is 0.182. The van der Waals surface area contributed by atoms with Gasteiger partial charge in [0, 0.05) is 10.9 Å². The van der Waals surface area contributed by atoms with Crippen molar-refractivity contribution >= 4 is 22.0 Å². The highest BCUT2D eigenvalue weighted by molar-refractivity contribution is 9.09. The summed E-state index contributed by atoms with van der Waals surface area (Å²) in [6.07, 6.45) is 3.92. The summed E-state index contributed by atoms with van der Waals surface area (Å²) in [5, 5.41) is 9.23. The smallest absolute Gasteiger partial charge is 0.127 e. The van der Waals surface area contributed by atoms with Gasteiger partial charge in [0.15, 0.2) is 0 Å². The summed E-state index contributed by atoms with van der Waals surface area (Å²) in [6, 6.07) is 6.71. The van der Waals surface area contributed by atoms with E-state index in [1.54, 1.807) is 12.1 Å². The molecule has 0 aliphatic carbocycles. The van der Waals surface area contributed by atoms with Gasteiger partial charge in [-0.2, -0.15) is 5.26 Å². The number of benzene rings is 1. The van der Waals surface area contributed by atoms with Gasteiger partial charge >= 0.3 is 0 Å². The van der Waals surface area contributed by atoms with Crippen molar-refractivity contribution in [1.82, 2.24) is 0 Å². The molecule has 1 aromatic rings. The second kappa shape index (κ2) is 5.56. The molecule has 0 N–H and O–H groups in total. The van der Waals surface area contributed by atoms with Crippen molar-refractivity contribution in [1.29, 1.82) is 5.26 Å². The van der Waals surface area contributed by atoms with Gasteiger partial charge < -0.3 is 0 Å². The highest BCUT2D eigenvalue weighted by Crippen LogP contribution is 2.12. The molecule has 0 spiro atoms. The predicted octanol–water partition coefficient (Wildman–Crippen LogP) is 3.30. The van der Waals surface area contributed by atoms with Crippen molar-refractivity contribution in [3.8, 4) is 6.07 Å². The zero-order valence-electron chi connectivity index (χ0n) is 7.50. The normalized spacial score (nSPS) is 10.4. The van der Waals surface area contributed by atoms with Crippen LogP contribution in [-0.4, -0.2) is 5.33 Å². The second-order valence-electron chi connectivity index (χ2n) is 2.74. The van der Waals surface area contributed by atoms with Gasteiger partial charge in [0.1, 0.15) is 5.82 Å². The fourth-order valence-corrected chi connectivity index (χ4v) is 1.29. The Morgan fingerprint density at radius 2 is 2.29 bits per heavy atom. The summed E-state index contributed by atoms with van der Waals surface area (Å²) < 4.78 is 13.1. The number of allylic oxidation sites excluding steroid dienone is 1. The molecule has 0 aromatic heterocycles. The third kappa shape index (κ3) is 2.97. The van der Waals surface area contributed by atoms with E-state index >= 15 is 0 Å². The van der Waals surface area contributed by atoms with Crippen molar-refractivity contribution in [2.75, 3.05) is 5.33 Å². The SMILES string of the molecule is N#CCc1cc(C=CCBr)ccc1F. The Labute approximate surface area is 91.0 Å². The lowest BCUT2D eigenvalue weighted by atomic mass is 10.1. The maximum absolute atomic E-state index is 13.1. The molecule has 72 valence electrons. The molecule has 1 nitrogen and oxygen atoms in total. The summed E-state index contributed by atoms with van der Waals surface area (Å²) in [7, 11) is 0. The molecule has 0 saturated carbocycles. The molecule has 0 saturated heterocycles. The molecular formula is C11H9BrFN. The third-order valence-electron chi connectivity index (χ3n) is 1.74. The summed E-state index contributed by atoms with van der Waals surface area (Å²) in [5.41, 5.74) is 1.36. The van der Waals surface area contributed by atoms with E-state index in [-0.39, 0.29) is 12.2 Å². The zero-order chi connectivity index (χ0) is 10.4. The van der Waals surface area contributed by atoms with E-state index in [0.717, 1.165) is 10.9 Å². The largest absolute Gasteiger partial charge is 0.207 e. The van der Waals surface area contributed by atoms with E-state index in [2.05, 4.69) is 15.9 Å². The first-order valence-corrected chi connectivity index (χ1v) is 5.28. The minimum atomic E-state index is -0.317. The summed E-state index contributed by atoms with van der Waals surface area (Å²) >= 11 is 3.26. The summed E-state index contributed by atoms with van der Waals surface area (Å²) in [6.45, 7) is 0. The molecule has 1 rings (SSSR count). The Morgan fingerprint density at radius 1 is 1.50 bits per heavy atom. The number of nitriles is 1. The lowest BCUT2D eigenvalue weighted by Gasteiger charge is -1.99. The lowest BCUT2D eigenvalue weighted by Crippen LogP contribution is -1.89. The molecule has 14 heavy (non-hydrogen) atoms. The maximum Gasteiger partial charge on any atom is 0.127 e. The van der Waals surface area contributed by atoms with Gasteiger partial charge in [-0.05, 0) is 17.7 Å². The molecule has 0 atom stereocenters. The topological polar surface area (TPSA) is 23.8 Å². The second-order valence-corrected chi connectivity index (χ2v) is 3.39. The standard InChI is InChI=1S/C11H9BrFN/c12-6-1-2-9-3-4-11(13)10(8-9)5-7-14/h1-4,8H,5-6H2. The van der Waals surface area contributed by atoms with E-state index in [0.29, 0.717) is 5.56 Å². The molecule has 0 bridgehead atoms. The Bertz CT molecular complexity index is 379. The fourth-order valence-electron chi connectivity index (χ4n) is 1.10. The van der Waals surface area contributed by atoms with Crippen LogP contribution in [0.5, 0.6) is 0 Å². The first-order chi connectivity index (χ1) is 6.77. The molecule has 0 aliphatic heterocycles. The Morgan fingerprint density at radius 3 is 2.93 bits per heavy atom. The van der Waals surface area contributed by atoms with Gasteiger partial charge in [-0.25, -0.2) is 4.39 Å². The van der Waals surface area contributed by atoms with Gasteiger partial charge in [-0.3, -0.25) is 0 Å². The number of hydrogen-bond donors (Lipinski definition) is 0. The average molecular weight is 254 g/mol. The highest BCUT2D eigenvalue weighted by Gasteiger charge is 2.01. The molecule has 3 heteroatoms. The molecule has 1 aromatic carbocycles. The van der Waals surface area contributed by atoms with Gasteiger partial charge in [0.05, 0.1) is 12.5 Å². The van der Waals surface area contributed by atoms with Crippen molar-refractivity contribution < 1.29 is 4.39 Å². The monoisotopic (exact) mass is 253 g/mol. The van der Waals surface area contributed by atoms with Crippen LogP contribution in [0.15, 0.2) is 24.3 Å². The lowest BCUT2D eigenvalue weighted by molar-refractivity contribution is 0.615. The van der Waals surface area contributed by atoms with Gasteiger partial charge in [-0.1, -0.05) is 34.1 Å². The summed E-state index contributed by atoms with van der Waals surface area (Å²) in [5.74, 6) is -0.317. The Hall–Kier alpha value is -1.14. The van der Waals surface area contributed by atoms with Crippen molar-refractivity contribution in [3.05, 3.63) is 41.2 Å². The molecular weight excluding hydrogens is 245 g/mol. The Balaban J connectivity index is 2.95. The molecule has 0 heterocycles. The molecule has 0 aliphatic rings. The first kappa shape index (κ1) is 10.9. The predicted molar refractivity (Wildman–Crippen MR) is 58.5 cm³/mol. The van der Waals surface area contributed by atoms with Crippen LogP contribution in [0, 0.1) is 17.1 Å². The highest BCUT2D eigenvalue weighted by atomic mass is 79.9. The van der Waals surface area contributed by atoms with Crippen LogP contribution in [-0.2, 0) is 6.42 Å². The number of nitrogens with zero attached hydrogens (tertiary/aromatic N) is 1. The third-order valence-corrected chi connectivity index (χ3v) is 2.11. The van der Waals surface area contributed by atoms with Crippen LogP contribution >= 0.6 is 15.9 Å². The number of alkyl halides is 1. The van der Waals surface area contributed by atoms with E-state index in [1.807, 2.05) is 18.2 Å². The number of hydrogen-bond acceptors (Lipinski definition) is 1. The molecule has 0 radical (unpaired) electrons. The van der Waals surface area contributed by atoms with Gasteiger partial charge in [-0.15, -0.1) is 0 Å². The van der Waals surface area contributed by atoms with Crippen molar-refractivity contribution in [3.63, 3.8) is 0 Å². The number of rotatable bonds is 3. The minimum absolute atomic E-state index is 0.113. The van der Waals surface area contributed by atoms with Crippen LogP contribution in [0.4, 0.5) is 4.39 Å². The van der Waals surface area contributed by atoms with Crippen LogP contribution in [0.3, 0.4) is 0 Å². The number of halogens is 2. The van der Waals surface area contributed by atoms with Crippen molar-refractivity contribution in [2.24, 2.45) is 0 Å². The van der Waals surface area contributed by atoms with E-state index in [4.69, 9.17) is 5.26 Å². The van der Waals surface area contributed by atoms with Crippen LogP contribution in [0.2, 0.25) is 0 Å². The van der Waals surface area contributed by atoms with Gasteiger partial charge in [0.25, 0.3) is 0 Å². The molecule has 0 unspecified atom stereocenters. The molecule has 0 fully saturated rings. The van der Waals surface area contributed by atoms with E-state index < -0.39 is 0 Å². The average Bonchev–Trinajstić information content (AvgIpc) is 2.19.